The summed E-state index contributed by atoms with van der Waals surface area (Å²) in [6.45, 7) is 2.96. The van der Waals surface area contributed by atoms with E-state index in [1.807, 2.05) is 6.07 Å². The van der Waals surface area contributed by atoms with Crippen LogP contribution < -0.4 is 5.73 Å². The monoisotopic (exact) mass is 454 g/mol. The van der Waals surface area contributed by atoms with E-state index in [-0.39, 0.29) is 22.5 Å². The van der Waals surface area contributed by atoms with Crippen molar-refractivity contribution in [3.63, 3.8) is 0 Å². The first-order valence-corrected chi connectivity index (χ1v) is 9.83. The lowest BCUT2D eigenvalue weighted by atomic mass is 9.86. The number of pyridine rings is 1. The Kier molecular flexibility index (Phi) is 5.14. The second-order valence-electron chi connectivity index (χ2n) is 7.85. The third-order valence-electron chi connectivity index (χ3n) is 5.64. The summed E-state index contributed by atoms with van der Waals surface area (Å²) in [4.78, 5) is 0. The summed E-state index contributed by atoms with van der Waals surface area (Å²) in [5.74, 6) is -0.469. The van der Waals surface area contributed by atoms with Crippen molar-refractivity contribution in [2.24, 2.45) is 0 Å². The first-order chi connectivity index (χ1) is 15.4. The molecule has 4 aromatic rings. The molecule has 0 aliphatic heterocycles. The lowest BCUT2D eigenvalue weighted by Crippen LogP contribution is -2.24. The Morgan fingerprint density at radius 1 is 1.06 bits per heavy atom. The maximum absolute atomic E-state index is 13.4. The van der Waals surface area contributed by atoms with E-state index in [9.17, 15) is 27.9 Å². The molecule has 5 nitrogen and oxygen atoms in total. The quantitative estimate of drug-likeness (QED) is 0.418. The number of nitriles is 1. The van der Waals surface area contributed by atoms with E-state index in [1.54, 1.807) is 13.0 Å². The largest absolute Gasteiger partial charge is 0.416 e. The second kappa shape index (κ2) is 7.60. The van der Waals surface area contributed by atoms with Crippen LogP contribution in [0.4, 0.5) is 23.4 Å². The van der Waals surface area contributed by atoms with Crippen molar-refractivity contribution in [1.82, 2.24) is 9.61 Å². The van der Waals surface area contributed by atoms with Crippen LogP contribution in [0.2, 0.25) is 0 Å². The molecule has 1 atom stereocenters. The van der Waals surface area contributed by atoms with E-state index in [0.29, 0.717) is 22.3 Å². The second-order valence-corrected chi connectivity index (χ2v) is 7.85. The van der Waals surface area contributed by atoms with E-state index < -0.39 is 23.2 Å². The van der Waals surface area contributed by atoms with Crippen molar-refractivity contribution in [3.05, 3.63) is 88.4 Å². The molecule has 0 aliphatic rings. The zero-order chi connectivity index (χ0) is 24.1. The number of fused-ring (bicyclic) bond motifs is 1. The first-order valence-electron chi connectivity index (χ1n) is 9.83. The predicted octanol–water partition coefficient (Wildman–Crippen LogP) is 5.18. The van der Waals surface area contributed by atoms with Gasteiger partial charge in [-0.25, -0.2) is 8.91 Å². The number of nitrogen functional groups attached to an aromatic ring is 1. The topological polar surface area (TPSA) is 87.3 Å². The summed E-state index contributed by atoms with van der Waals surface area (Å²) >= 11 is 0. The fourth-order valence-electron chi connectivity index (χ4n) is 4.03. The number of nitrogens with two attached hydrogens (primary N) is 1. The number of rotatable bonds is 3. The smallest absolute Gasteiger partial charge is 0.383 e. The molecule has 2 aromatic carbocycles. The molecule has 4 rings (SSSR count). The van der Waals surface area contributed by atoms with Crippen LogP contribution in [-0.4, -0.2) is 14.7 Å². The lowest BCUT2D eigenvalue weighted by molar-refractivity contribution is -0.137. The van der Waals surface area contributed by atoms with Gasteiger partial charge in [-0.2, -0.15) is 23.5 Å². The third-order valence-corrected chi connectivity index (χ3v) is 5.64. The number of alkyl halides is 3. The molecule has 0 radical (unpaired) electrons. The molecule has 33 heavy (non-hydrogen) atoms. The summed E-state index contributed by atoms with van der Waals surface area (Å²) in [7, 11) is 0. The van der Waals surface area contributed by atoms with Gasteiger partial charge in [0.2, 0.25) is 0 Å². The lowest BCUT2D eigenvalue weighted by Gasteiger charge is -2.25. The molecule has 0 saturated heterocycles. The Bertz CT molecular complexity index is 1410. The van der Waals surface area contributed by atoms with E-state index in [2.05, 4.69) is 5.10 Å². The average Bonchev–Trinajstić information content (AvgIpc) is 3.10. The predicted molar refractivity (Wildman–Crippen MR) is 115 cm³/mol. The van der Waals surface area contributed by atoms with Gasteiger partial charge in [-0.15, -0.1) is 0 Å². The van der Waals surface area contributed by atoms with Crippen LogP contribution in [-0.2, 0) is 11.8 Å². The summed E-state index contributed by atoms with van der Waals surface area (Å²) in [5, 5.41) is 25.5. The zero-order valence-electron chi connectivity index (χ0n) is 17.6. The molecule has 0 saturated carbocycles. The number of nitrogens with zero attached hydrogens (tertiary/aromatic N) is 3. The minimum atomic E-state index is -4.58. The molecule has 0 spiro atoms. The highest BCUT2D eigenvalue weighted by Crippen LogP contribution is 2.40. The van der Waals surface area contributed by atoms with Crippen molar-refractivity contribution in [2.45, 2.75) is 25.6 Å². The highest BCUT2D eigenvalue weighted by atomic mass is 19.4. The molecule has 0 bridgehead atoms. The number of aliphatic hydroxyl groups is 1. The van der Waals surface area contributed by atoms with Crippen LogP contribution in [0.25, 0.3) is 16.6 Å². The van der Waals surface area contributed by atoms with Gasteiger partial charge >= 0.3 is 6.18 Å². The van der Waals surface area contributed by atoms with E-state index in [0.717, 1.165) is 12.1 Å². The molecule has 1 unspecified atom stereocenters. The van der Waals surface area contributed by atoms with Crippen LogP contribution in [0, 0.1) is 24.1 Å². The maximum Gasteiger partial charge on any atom is 0.416 e. The summed E-state index contributed by atoms with van der Waals surface area (Å²) in [5.41, 5.74) is 5.32. The third kappa shape index (κ3) is 3.68. The maximum atomic E-state index is 13.4. The normalized spacial score (nSPS) is 13.6. The minimum Gasteiger partial charge on any atom is -0.383 e. The fraction of sp³-hybridized carbons (Fsp3) is 0.167. The highest BCUT2D eigenvalue weighted by Gasteiger charge is 2.36. The molecule has 2 aromatic heterocycles. The highest BCUT2D eigenvalue weighted by molar-refractivity contribution is 5.82. The Hall–Kier alpha value is -3.90. The molecule has 0 amide bonds. The Balaban J connectivity index is 2.00. The van der Waals surface area contributed by atoms with Crippen molar-refractivity contribution in [1.29, 1.82) is 5.26 Å². The molecule has 168 valence electrons. The minimum absolute atomic E-state index is 0.0106. The van der Waals surface area contributed by atoms with Crippen LogP contribution in [0.1, 0.15) is 34.9 Å². The van der Waals surface area contributed by atoms with Crippen molar-refractivity contribution < 1.29 is 22.7 Å². The molecule has 0 aliphatic carbocycles. The first kappa shape index (κ1) is 22.3. The zero-order valence-corrected chi connectivity index (χ0v) is 17.6. The van der Waals surface area contributed by atoms with Gasteiger partial charge in [0.05, 0.1) is 16.8 Å². The Labute approximate surface area is 186 Å². The number of anilines is 1. The molecule has 3 N–H and O–H groups in total. The SMILES string of the molecule is Cc1nn2c(N)c(C#N)c(-c3ccc(F)cc3)cc2c1C(C)(O)c1cccc(C(F)(F)F)c1. The van der Waals surface area contributed by atoms with Gasteiger partial charge in [-0.3, -0.25) is 0 Å². The van der Waals surface area contributed by atoms with Gasteiger partial charge in [-0.1, -0.05) is 24.3 Å². The van der Waals surface area contributed by atoms with Gasteiger partial charge in [0.15, 0.2) is 0 Å². The van der Waals surface area contributed by atoms with Gasteiger partial charge in [0.25, 0.3) is 0 Å². The van der Waals surface area contributed by atoms with Gasteiger partial charge < -0.3 is 10.8 Å². The van der Waals surface area contributed by atoms with Crippen LogP contribution in [0.5, 0.6) is 0 Å². The number of hydrogen-bond acceptors (Lipinski definition) is 4. The average molecular weight is 454 g/mol. The number of aromatic nitrogens is 2. The van der Waals surface area contributed by atoms with Crippen molar-refractivity contribution >= 4 is 11.3 Å². The number of hydrogen-bond donors (Lipinski definition) is 2. The standard InChI is InChI=1S/C24H18F4N4O/c1-13-21(23(2,33)15-4-3-5-16(10-15)24(26,27)28)20-11-18(14-6-8-17(25)9-7-14)19(12-29)22(30)32(20)31-13/h3-11,33H,30H2,1-2H3. The van der Waals surface area contributed by atoms with Crippen LogP contribution in [0.3, 0.4) is 0 Å². The summed E-state index contributed by atoms with van der Waals surface area (Å²) in [6.07, 6.45) is -4.58. The summed E-state index contributed by atoms with van der Waals surface area (Å²) in [6, 6.07) is 13.5. The fourth-order valence-corrected chi connectivity index (χ4v) is 4.03. The number of halogens is 4. The van der Waals surface area contributed by atoms with Crippen molar-refractivity contribution in [3.8, 4) is 17.2 Å². The van der Waals surface area contributed by atoms with Crippen LogP contribution in [0.15, 0.2) is 54.6 Å². The molecular formula is C24H18F4N4O. The Morgan fingerprint density at radius 2 is 1.70 bits per heavy atom. The summed E-state index contributed by atoms with van der Waals surface area (Å²) < 4.78 is 54.5. The van der Waals surface area contributed by atoms with E-state index >= 15 is 0 Å². The van der Waals surface area contributed by atoms with E-state index in [4.69, 9.17) is 5.73 Å². The van der Waals surface area contributed by atoms with Gasteiger partial charge in [-0.05, 0) is 55.3 Å². The number of aryl methyl sites for hydroxylation is 1. The van der Waals surface area contributed by atoms with E-state index in [1.165, 1.54) is 47.8 Å². The number of benzene rings is 2. The molecule has 2 heterocycles. The molecule has 9 heteroatoms. The van der Waals surface area contributed by atoms with Gasteiger partial charge in [0.1, 0.15) is 28.9 Å². The van der Waals surface area contributed by atoms with Gasteiger partial charge in [0, 0.05) is 11.1 Å². The van der Waals surface area contributed by atoms with Crippen LogP contribution >= 0.6 is 0 Å². The van der Waals surface area contributed by atoms with Crippen molar-refractivity contribution in [2.75, 3.05) is 5.73 Å². The molecule has 0 fully saturated rings. The molecular weight excluding hydrogens is 436 g/mol. The Morgan fingerprint density at radius 3 is 2.30 bits per heavy atom.